The summed E-state index contributed by atoms with van der Waals surface area (Å²) in [4.78, 5) is 12.0. The molecule has 0 atom stereocenters. The number of nitrogens with two attached hydrogens (primary N) is 1. The summed E-state index contributed by atoms with van der Waals surface area (Å²) in [6, 6.07) is 13.8. The van der Waals surface area contributed by atoms with E-state index < -0.39 is 0 Å². The van der Waals surface area contributed by atoms with Gasteiger partial charge in [-0.3, -0.25) is 4.79 Å². The fourth-order valence-electron chi connectivity index (χ4n) is 2.12. The smallest absolute Gasteiger partial charge is 0.224 e. The highest BCUT2D eigenvalue weighted by Gasteiger charge is 2.07. The monoisotopic (exact) mass is 268 g/mol. The summed E-state index contributed by atoms with van der Waals surface area (Å²) >= 11 is 0. The number of aryl methyl sites for hydroxylation is 3. The van der Waals surface area contributed by atoms with Crippen LogP contribution in [0.15, 0.2) is 42.5 Å². The van der Waals surface area contributed by atoms with Crippen LogP contribution in [0.1, 0.15) is 23.1 Å². The number of nitrogen functional groups attached to an aromatic ring is 1. The molecule has 0 aliphatic heterocycles. The SMILES string of the molecule is Cc1cc(C)c(NC(=O)CCc2ccccc2)cc1N. The van der Waals surface area contributed by atoms with Crippen LogP contribution in [0.4, 0.5) is 11.4 Å². The zero-order valence-electron chi connectivity index (χ0n) is 11.9. The van der Waals surface area contributed by atoms with Crippen LogP contribution < -0.4 is 11.1 Å². The third kappa shape index (κ3) is 3.60. The second-order valence-corrected chi connectivity index (χ2v) is 5.06. The lowest BCUT2D eigenvalue weighted by molar-refractivity contribution is -0.116. The van der Waals surface area contributed by atoms with Crippen molar-refractivity contribution in [3.63, 3.8) is 0 Å². The molecule has 0 bridgehead atoms. The first-order chi connectivity index (χ1) is 9.56. The van der Waals surface area contributed by atoms with Gasteiger partial charge in [0.25, 0.3) is 0 Å². The minimum atomic E-state index is 0.0141. The van der Waals surface area contributed by atoms with E-state index in [1.165, 1.54) is 5.56 Å². The largest absolute Gasteiger partial charge is 0.398 e. The molecule has 2 aromatic carbocycles. The maximum atomic E-state index is 12.0. The van der Waals surface area contributed by atoms with Crippen molar-refractivity contribution in [2.24, 2.45) is 0 Å². The summed E-state index contributed by atoms with van der Waals surface area (Å²) in [6.45, 7) is 3.93. The van der Waals surface area contributed by atoms with Gasteiger partial charge in [-0.25, -0.2) is 0 Å². The van der Waals surface area contributed by atoms with Crippen LogP contribution in [-0.4, -0.2) is 5.91 Å². The van der Waals surface area contributed by atoms with Crippen LogP contribution in [0.2, 0.25) is 0 Å². The number of anilines is 2. The van der Waals surface area contributed by atoms with Gasteiger partial charge < -0.3 is 11.1 Å². The summed E-state index contributed by atoms with van der Waals surface area (Å²) in [5.74, 6) is 0.0141. The van der Waals surface area contributed by atoms with Gasteiger partial charge in [-0.1, -0.05) is 36.4 Å². The third-order valence-electron chi connectivity index (χ3n) is 3.37. The molecule has 0 unspecified atom stereocenters. The molecule has 104 valence electrons. The Morgan fingerprint density at radius 3 is 2.50 bits per heavy atom. The average Bonchev–Trinajstić information content (AvgIpc) is 2.44. The average molecular weight is 268 g/mol. The fraction of sp³-hybridized carbons (Fsp3) is 0.235. The van der Waals surface area contributed by atoms with E-state index >= 15 is 0 Å². The van der Waals surface area contributed by atoms with E-state index in [4.69, 9.17) is 5.73 Å². The molecule has 20 heavy (non-hydrogen) atoms. The molecule has 0 aliphatic rings. The zero-order chi connectivity index (χ0) is 14.5. The Bertz CT molecular complexity index is 606. The molecule has 0 radical (unpaired) electrons. The van der Waals surface area contributed by atoms with Gasteiger partial charge in [0.2, 0.25) is 5.91 Å². The molecule has 3 nitrogen and oxygen atoms in total. The molecule has 0 spiro atoms. The van der Waals surface area contributed by atoms with E-state index in [2.05, 4.69) is 5.32 Å². The molecule has 2 aromatic rings. The number of amides is 1. The molecule has 3 N–H and O–H groups in total. The summed E-state index contributed by atoms with van der Waals surface area (Å²) in [7, 11) is 0. The Morgan fingerprint density at radius 1 is 1.10 bits per heavy atom. The molecule has 0 saturated heterocycles. The highest BCUT2D eigenvalue weighted by Crippen LogP contribution is 2.22. The van der Waals surface area contributed by atoms with Gasteiger partial charge in [-0.2, -0.15) is 0 Å². The number of hydrogen-bond acceptors (Lipinski definition) is 2. The first-order valence-corrected chi connectivity index (χ1v) is 6.77. The van der Waals surface area contributed by atoms with Crippen molar-refractivity contribution < 1.29 is 4.79 Å². The number of nitrogens with one attached hydrogen (secondary N) is 1. The summed E-state index contributed by atoms with van der Waals surface area (Å²) in [5, 5.41) is 2.93. The standard InChI is InChI=1S/C17H20N2O/c1-12-10-13(2)16(11-15(12)18)19-17(20)9-8-14-6-4-3-5-7-14/h3-7,10-11H,8-9,18H2,1-2H3,(H,19,20). The molecular formula is C17H20N2O. The van der Waals surface area contributed by atoms with Crippen LogP contribution in [-0.2, 0) is 11.2 Å². The Hall–Kier alpha value is -2.29. The van der Waals surface area contributed by atoms with Crippen molar-refractivity contribution in [3.05, 3.63) is 59.2 Å². The van der Waals surface area contributed by atoms with E-state index in [1.807, 2.05) is 56.3 Å². The van der Waals surface area contributed by atoms with Gasteiger partial charge in [0, 0.05) is 17.8 Å². The van der Waals surface area contributed by atoms with E-state index in [0.29, 0.717) is 12.1 Å². The van der Waals surface area contributed by atoms with E-state index in [-0.39, 0.29) is 5.91 Å². The molecule has 0 aromatic heterocycles. The highest BCUT2D eigenvalue weighted by molar-refractivity contribution is 5.92. The van der Waals surface area contributed by atoms with Gasteiger partial charge in [-0.05, 0) is 43.0 Å². The molecule has 0 aliphatic carbocycles. The van der Waals surface area contributed by atoms with Crippen LogP contribution in [0.5, 0.6) is 0 Å². The first kappa shape index (κ1) is 14.1. The lowest BCUT2D eigenvalue weighted by atomic mass is 10.1. The molecule has 0 saturated carbocycles. The molecule has 0 heterocycles. The highest BCUT2D eigenvalue weighted by atomic mass is 16.1. The number of carbonyl (C=O) groups is 1. The number of benzene rings is 2. The summed E-state index contributed by atoms with van der Waals surface area (Å²) in [6.07, 6.45) is 1.21. The van der Waals surface area contributed by atoms with Crippen molar-refractivity contribution in [3.8, 4) is 0 Å². The fourth-order valence-corrected chi connectivity index (χ4v) is 2.12. The molecular weight excluding hydrogens is 248 g/mol. The molecule has 1 amide bonds. The summed E-state index contributed by atoms with van der Waals surface area (Å²) < 4.78 is 0. The second-order valence-electron chi connectivity index (χ2n) is 5.06. The minimum absolute atomic E-state index is 0.0141. The van der Waals surface area contributed by atoms with E-state index in [1.54, 1.807) is 0 Å². The van der Waals surface area contributed by atoms with Gasteiger partial charge in [0.05, 0.1) is 0 Å². The summed E-state index contributed by atoms with van der Waals surface area (Å²) in [5.41, 5.74) is 10.6. The molecule has 2 rings (SSSR count). The topological polar surface area (TPSA) is 55.1 Å². The predicted octanol–water partition coefficient (Wildman–Crippen LogP) is 3.46. The van der Waals surface area contributed by atoms with Gasteiger partial charge in [0.15, 0.2) is 0 Å². The van der Waals surface area contributed by atoms with Crippen LogP contribution in [0, 0.1) is 13.8 Å². The van der Waals surface area contributed by atoms with Crippen LogP contribution in [0.3, 0.4) is 0 Å². The number of rotatable bonds is 4. The minimum Gasteiger partial charge on any atom is -0.398 e. The molecule has 0 fully saturated rings. The Labute approximate surface area is 119 Å². The van der Waals surface area contributed by atoms with Crippen molar-refractivity contribution >= 4 is 17.3 Å². The van der Waals surface area contributed by atoms with Crippen LogP contribution >= 0.6 is 0 Å². The first-order valence-electron chi connectivity index (χ1n) is 6.77. The zero-order valence-corrected chi connectivity index (χ0v) is 11.9. The maximum Gasteiger partial charge on any atom is 0.224 e. The van der Waals surface area contributed by atoms with Gasteiger partial charge in [-0.15, -0.1) is 0 Å². The molecule has 3 heteroatoms. The van der Waals surface area contributed by atoms with Gasteiger partial charge >= 0.3 is 0 Å². The van der Waals surface area contributed by atoms with Crippen molar-refractivity contribution in [1.82, 2.24) is 0 Å². The number of carbonyl (C=O) groups excluding carboxylic acids is 1. The second kappa shape index (κ2) is 6.24. The van der Waals surface area contributed by atoms with Crippen molar-refractivity contribution in [1.29, 1.82) is 0 Å². The van der Waals surface area contributed by atoms with Crippen LogP contribution in [0.25, 0.3) is 0 Å². The van der Waals surface area contributed by atoms with Crippen molar-refractivity contribution in [2.45, 2.75) is 26.7 Å². The maximum absolute atomic E-state index is 12.0. The Balaban J connectivity index is 1.97. The lowest BCUT2D eigenvalue weighted by Crippen LogP contribution is -2.13. The Kier molecular flexibility index (Phi) is 4.41. The Morgan fingerprint density at radius 2 is 1.80 bits per heavy atom. The van der Waals surface area contributed by atoms with E-state index in [9.17, 15) is 4.79 Å². The quantitative estimate of drug-likeness (QED) is 0.834. The normalized spacial score (nSPS) is 10.3. The van der Waals surface area contributed by atoms with E-state index in [0.717, 1.165) is 23.2 Å². The lowest BCUT2D eigenvalue weighted by Gasteiger charge is -2.11. The van der Waals surface area contributed by atoms with Gasteiger partial charge in [0.1, 0.15) is 0 Å². The predicted molar refractivity (Wildman–Crippen MR) is 83.7 cm³/mol. The number of hydrogen-bond donors (Lipinski definition) is 2. The third-order valence-corrected chi connectivity index (χ3v) is 3.37. The van der Waals surface area contributed by atoms with Crippen molar-refractivity contribution in [2.75, 3.05) is 11.1 Å².